The van der Waals surface area contributed by atoms with Gasteiger partial charge in [-0.3, -0.25) is 49.0 Å². The number of rotatable bonds is 18. The molecule has 2 saturated heterocycles. The smallest absolute Gasteiger partial charge is 0.264 e. The van der Waals surface area contributed by atoms with E-state index in [-0.39, 0.29) is 60.4 Å². The number of carbonyl (C=O) groups excluding carboxylic acids is 5. The third-order valence-corrected chi connectivity index (χ3v) is 13.4. The van der Waals surface area contributed by atoms with Crippen molar-refractivity contribution >= 4 is 46.7 Å². The third-order valence-electron chi connectivity index (χ3n) is 13.4. The van der Waals surface area contributed by atoms with E-state index in [0.29, 0.717) is 86.7 Å². The molecule has 18 nitrogen and oxygen atoms in total. The number of carbonyl (C=O) groups is 5. The summed E-state index contributed by atoms with van der Waals surface area (Å²) in [7, 11) is 1.61. The SMILES string of the molecule is CN[N+]1([O-])CCC(NC2CCOCC2)=C(C(=N)N2CCCc3cc(-c4cnn(CC(=O)NCCCCCCCNc5cccc6c5C(=O)N(C5CCC(=O)NC5=O)C6=O)c4)c(C(F)F)cc32)C1. The molecule has 5 aliphatic heterocycles. The van der Waals surface area contributed by atoms with Gasteiger partial charge in [-0.15, -0.1) is 0 Å². The molecule has 67 heavy (non-hydrogen) atoms. The molecule has 2 fully saturated rings. The van der Waals surface area contributed by atoms with E-state index < -0.39 is 40.9 Å². The van der Waals surface area contributed by atoms with E-state index in [4.69, 9.17) is 4.74 Å². The number of hydroxylamine groups is 2. The van der Waals surface area contributed by atoms with Crippen LogP contribution >= 0.6 is 0 Å². The fourth-order valence-electron chi connectivity index (χ4n) is 9.69. The van der Waals surface area contributed by atoms with Crippen LogP contribution in [0, 0.1) is 10.6 Å². The maximum absolute atomic E-state index is 14.9. The van der Waals surface area contributed by atoms with Crippen molar-refractivity contribution in [2.75, 3.05) is 63.2 Å². The van der Waals surface area contributed by atoms with Crippen LogP contribution in [0.5, 0.6) is 0 Å². The highest BCUT2D eigenvalue weighted by atomic mass is 19.3. The molecule has 0 radical (unpaired) electrons. The summed E-state index contributed by atoms with van der Waals surface area (Å²) >= 11 is 0. The van der Waals surface area contributed by atoms with Crippen molar-refractivity contribution in [3.05, 3.63) is 81.5 Å². The van der Waals surface area contributed by atoms with Crippen LogP contribution in [0.3, 0.4) is 0 Å². The number of aryl methyl sites for hydroxylation is 1. The number of amidine groups is 1. The molecule has 5 amide bonds. The predicted molar refractivity (Wildman–Crippen MR) is 245 cm³/mol. The maximum atomic E-state index is 14.9. The number of fused-ring (bicyclic) bond motifs is 2. The van der Waals surface area contributed by atoms with Crippen LogP contribution in [0.2, 0.25) is 0 Å². The summed E-state index contributed by atoms with van der Waals surface area (Å²) in [4.78, 5) is 66.1. The zero-order valence-electron chi connectivity index (χ0n) is 37.8. The average Bonchev–Trinajstić information content (AvgIpc) is 3.89. The van der Waals surface area contributed by atoms with Crippen LogP contribution in [-0.4, -0.2) is 120 Å². The summed E-state index contributed by atoms with van der Waals surface area (Å²) in [5.74, 6) is -2.30. The van der Waals surface area contributed by atoms with Crippen LogP contribution in [0.15, 0.2) is 54.0 Å². The summed E-state index contributed by atoms with van der Waals surface area (Å²) in [5.41, 5.74) is 7.17. The number of alkyl halides is 2. The second-order valence-electron chi connectivity index (χ2n) is 17.9. The summed E-state index contributed by atoms with van der Waals surface area (Å²) in [6.07, 6.45) is 8.03. The van der Waals surface area contributed by atoms with Gasteiger partial charge < -0.3 is 30.8 Å². The Kier molecular flexibility index (Phi) is 14.7. The molecule has 0 aliphatic carbocycles. The van der Waals surface area contributed by atoms with Crippen LogP contribution in [0.25, 0.3) is 11.1 Å². The zero-order valence-corrected chi connectivity index (χ0v) is 37.8. The zero-order chi connectivity index (χ0) is 47.2. The normalized spacial score (nSPS) is 21.1. The number of quaternary nitrogens is 1. The van der Waals surface area contributed by atoms with Crippen LogP contribution < -0.4 is 31.6 Å². The minimum Gasteiger partial charge on any atom is -0.611 e. The summed E-state index contributed by atoms with van der Waals surface area (Å²) in [6.45, 7) is 3.00. The molecule has 6 N–H and O–H groups in total. The standard InChI is InChI=1S/C47H59F2N11O7/c1-51-60(66)20-14-36(55-31-15-21-67-22-16-31)35(28-60)44(50)58-19-8-9-29-23-33(34(43(48)49)24-39(29)58)30-25-54-57(26-30)27-41(62)53-18-6-4-2-3-5-17-52-37-11-7-10-32-42(37)47(65)59(46(32)64)38-12-13-40(61)56-45(38)63/h7,10-11,23-26,31,38,43,50-52,55H,2-6,8-9,12-22,27-28H2,1H3,(H,53,62)(H,56,61,63). The highest BCUT2D eigenvalue weighted by molar-refractivity contribution is 6.25. The van der Waals surface area contributed by atoms with Gasteiger partial charge in [0, 0.05) is 93.2 Å². The van der Waals surface area contributed by atoms with Crippen molar-refractivity contribution in [3.8, 4) is 11.1 Å². The maximum Gasteiger partial charge on any atom is 0.264 e. The van der Waals surface area contributed by atoms with Gasteiger partial charge in [-0.1, -0.05) is 25.3 Å². The number of aromatic nitrogens is 2. The molecule has 0 bridgehead atoms. The summed E-state index contributed by atoms with van der Waals surface area (Å²) < 4.78 is 36.0. The number of hydrogen-bond donors (Lipinski definition) is 6. The first-order valence-corrected chi connectivity index (χ1v) is 23.4. The number of ether oxygens (including phenoxy) is 1. The number of nitrogens with one attached hydrogen (secondary N) is 6. The Morgan fingerprint density at radius 3 is 2.54 bits per heavy atom. The molecule has 20 heteroatoms. The first-order valence-electron chi connectivity index (χ1n) is 23.4. The Morgan fingerprint density at radius 2 is 1.78 bits per heavy atom. The van der Waals surface area contributed by atoms with Gasteiger partial charge in [-0.2, -0.15) is 10.5 Å². The number of anilines is 2. The highest BCUT2D eigenvalue weighted by Crippen LogP contribution is 2.40. The third kappa shape index (κ3) is 10.6. The van der Waals surface area contributed by atoms with Gasteiger partial charge in [0.2, 0.25) is 17.7 Å². The minimum atomic E-state index is -2.82. The molecule has 358 valence electrons. The molecule has 0 spiro atoms. The molecule has 2 aromatic carbocycles. The lowest BCUT2D eigenvalue weighted by Gasteiger charge is -2.46. The van der Waals surface area contributed by atoms with Gasteiger partial charge in [0.15, 0.2) is 0 Å². The van der Waals surface area contributed by atoms with Gasteiger partial charge in [-0.05, 0) is 80.3 Å². The Balaban J connectivity index is 0.806. The molecule has 5 aliphatic rings. The van der Waals surface area contributed by atoms with Gasteiger partial charge in [0.05, 0.1) is 22.9 Å². The van der Waals surface area contributed by atoms with Crippen molar-refractivity contribution in [2.45, 2.75) is 102 Å². The van der Waals surface area contributed by atoms with Crippen LogP contribution in [0.1, 0.15) is 109 Å². The minimum absolute atomic E-state index is 0.0328. The number of benzene rings is 2. The lowest BCUT2D eigenvalue weighted by atomic mass is 9.92. The largest absolute Gasteiger partial charge is 0.611 e. The summed E-state index contributed by atoms with van der Waals surface area (Å²) in [5, 5.41) is 39.2. The van der Waals surface area contributed by atoms with Gasteiger partial charge in [0.1, 0.15) is 31.5 Å². The van der Waals surface area contributed by atoms with Crippen molar-refractivity contribution in [3.63, 3.8) is 0 Å². The van der Waals surface area contributed by atoms with E-state index in [9.17, 15) is 43.4 Å². The fraction of sp³-hybridized carbons (Fsp3) is 0.511. The second kappa shape index (κ2) is 20.8. The van der Waals surface area contributed by atoms with Crippen molar-refractivity contribution in [1.29, 1.82) is 5.41 Å². The molecular weight excluding hydrogens is 869 g/mol. The first-order chi connectivity index (χ1) is 32.3. The van der Waals surface area contributed by atoms with E-state index in [0.717, 1.165) is 61.1 Å². The molecule has 3 aromatic rings. The Hall–Kier alpha value is -6.09. The number of amides is 5. The predicted octanol–water partition coefficient (Wildman–Crippen LogP) is 4.67. The monoisotopic (exact) mass is 927 g/mol. The molecule has 1 aromatic heterocycles. The van der Waals surface area contributed by atoms with E-state index in [2.05, 4.69) is 31.8 Å². The van der Waals surface area contributed by atoms with Gasteiger partial charge >= 0.3 is 0 Å². The van der Waals surface area contributed by atoms with Crippen molar-refractivity contribution in [2.24, 2.45) is 0 Å². The molecule has 2 atom stereocenters. The molecule has 8 rings (SSSR count). The lowest BCUT2D eigenvalue weighted by Crippen LogP contribution is -2.58. The van der Waals surface area contributed by atoms with Crippen molar-refractivity contribution < 1.29 is 42.2 Å². The average molecular weight is 928 g/mol. The number of imide groups is 2. The van der Waals surface area contributed by atoms with Crippen LogP contribution in [-0.2, 0) is 32.1 Å². The molecule has 6 heterocycles. The Morgan fingerprint density at radius 1 is 1.00 bits per heavy atom. The molecule has 2 unspecified atom stereocenters. The quantitative estimate of drug-likeness (QED) is 0.0256. The number of halogens is 2. The number of nitrogens with zero attached hydrogens (tertiary/aromatic N) is 5. The van der Waals surface area contributed by atoms with Gasteiger partial charge in [0.25, 0.3) is 18.2 Å². The molecular formula is C47H59F2N11O7. The second-order valence-corrected chi connectivity index (χ2v) is 17.9. The van der Waals surface area contributed by atoms with E-state index in [1.54, 1.807) is 42.4 Å². The van der Waals surface area contributed by atoms with E-state index >= 15 is 0 Å². The number of piperidine rings is 1. The first kappa shape index (κ1) is 47.4. The molecule has 0 saturated carbocycles. The van der Waals surface area contributed by atoms with Crippen molar-refractivity contribution in [1.82, 2.24) is 36.1 Å². The lowest BCUT2D eigenvalue weighted by molar-refractivity contribution is -0.918. The Bertz CT molecular complexity index is 2440. The number of hydrogen-bond acceptors (Lipinski definition) is 12. The highest BCUT2D eigenvalue weighted by Gasteiger charge is 2.45. The van der Waals surface area contributed by atoms with Crippen LogP contribution in [0.4, 0.5) is 20.2 Å². The van der Waals surface area contributed by atoms with E-state index in [1.807, 2.05) is 0 Å². The van der Waals surface area contributed by atoms with E-state index in [1.165, 1.54) is 16.9 Å². The number of unbranched alkanes of at least 4 members (excludes halogenated alkanes) is 4. The Labute approximate surface area is 387 Å². The topological polar surface area (TPSA) is 226 Å². The summed E-state index contributed by atoms with van der Waals surface area (Å²) in [6, 6.07) is 7.33. The fourth-order valence-corrected chi connectivity index (χ4v) is 9.69. The van der Waals surface area contributed by atoms with Gasteiger partial charge in [-0.25, -0.2) is 8.78 Å².